The van der Waals surface area contributed by atoms with Gasteiger partial charge in [0.15, 0.2) is 5.65 Å². The van der Waals surface area contributed by atoms with Crippen molar-refractivity contribution in [3.8, 4) is 5.75 Å². The van der Waals surface area contributed by atoms with E-state index in [1.165, 1.54) is 5.56 Å². The van der Waals surface area contributed by atoms with Gasteiger partial charge in [-0.05, 0) is 55.2 Å². The zero-order chi connectivity index (χ0) is 25.1. The van der Waals surface area contributed by atoms with Crippen molar-refractivity contribution in [3.63, 3.8) is 0 Å². The lowest BCUT2D eigenvalue weighted by Crippen LogP contribution is -2.33. The minimum absolute atomic E-state index is 0.0366. The fourth-order valence-corrected chi connectivity index (χ4v) is 4.41. The second-order valence-corrected chi connectivity index (χ2v) is 8.98. The number of carbonyl (C=O) groups is 1. The van der Waals surface area contributed by atoms with E-state index in [9.17, 15) is 4.79 Å². The summed E-state index contributed by atoms with van der Waals surface area (Å²) >= 11 is 0. The Bertz CT molecular complexity index is 1510. The first-order valence-electron chi connectivity index (χ1n) is 12.1. The van der Waals surface area contributed by atoms with Gasteiger partial charge in [0, 0.05) is 6.04 Å². The molecule has 0 aliphatic heterocycles. The lowest BCUT2D eigenvalue weighted by molar-refractivity contribution is 0.0940. The molecule has 2 aromatic heterocycles. The van der Waals surface area contributed by atoms with Gasteiger partial charge < -0.3 is 20.4 Å². The van der Waals surface area contributed by atoms with Crippen molar-refractivity contribution in [3.05, 3.63) is 95.6 Å². The van der Waals surface area contributed by atoms with Crippen LogP contribution in [0.15, 0.2) is 78.9 Å². The van der Waals surface area contributed by atoms with Gasteiger partial charge in [0.25, 0.3) is 5.91 Å². The molecule has 2 heterocycles. The normalized spacial score (nSPS) is 12.1. The van der Waals surface area contributed by atoms with Crippen LogP contribution in [-0.4, -0.2) is 33.6 Å². The van der Waals surface area contributed by atoms with E-state index in [2.05, 4.69) is 17.4 Å². The van der Waals surface area contributed by atoms with Crippen molar-refractivity contribution < 1.29 is 9.53 Å². The first-order chi connectivity index (χ1) is 17.5. The summed E-state index contributed by atoms with van der Waals surface area (Å²) < 4.78 is 7.14. The van der Waals surface area contributed by atoms with Gasteiger partial charge in [-0.3, -0.25) is 4.79 Å². The number of anilines is 1. The predicted molar refractivity (Wildman–Crippen MR) is 143 cm³/mol. The molecule has 36 heavy (non-hydrogen) atoms. The number of hydrogen-bond acceptors (Lipinski definition) is 5. The van der Waals surface area contributed by atoms with Crippen LogP contribution in [0.25, 0.3) is 22.2 Å². The van der Waals surface area contributed by atoms with E-state index >= 15 is 0 Å². The van der Waals surface area contributed by atoms with E-state index in [0.29, 0.717) is 29.1 Å². The quantitative estimate of drug-likeness (QED) is 0.327. The average molecular weight is 480 g/mol. The summed E-state index contributed by atoms with van der Waals surface area (Å²) in [7, 11) is 1.64. The number of nitrogens with two attached hydrogens (primary N) is 1. The van der Waals surface area contributed by atoms with Gasteiger partial charge in [0.2, 0.25) is 0 Å². The largest absolute Gasteiger partial charge is 0.497 e. The zero-order valence-electron chi connectivity index (χ0n) is 20.4. The van der Waals surface area contributed by atoms with E-state index in [4.69, 9.17) is 20.4 Å². The number of hydrogen-bond donors (Lipinski definition) is 2. The Morgan fingerprint density at radius 3 is 2.31 bits per heavy atom. The molecule has 1 unspecified atom stereocenters. The van der Waals surface area contributed by atoms with Gasteiger partial charge in [0.05, 0.1) is 24.7 Å². The van der Waals surface area contributed by atoms with Crippen molar-refractivity contribution >= 4 is 33.9 Å². The number of para-hydroxylation sites is 2. The minimum Gasteiger partial charge on any atom is -0.497 e. The van der Waals surface area contributed by atoms with Crippen LogP contribution in [-0.2, 0) is 13.0 Å². The third kappa shape index (κ3) is 4.73. The van der Waals surface area contributed by atoms with Gasteiger partial charge in [-0.15, -0.1) is 0 Å². The molecule has 0 spiro atoms. The minimum atomic E-state index is -0.240. The predicted octanol–water partition coefficient (Wildman–Crippen LogP) is 4.97. The molecule has 7 heteroatoms. The molecule has 3 aromatic carbocycles. The number of nitrogens with zero attached hydrogens (tertiary/aromatic N) is 3. The summed E-state index contributed by atoms with van der Waals surface area (Å²) in [4.78, 5) is 23.1. The number of nitrogens with one attached hydrogen (secondary N) is 1. The maximum Gasteiger partial charge on any atom is 0.257 e. The summed E-state index contributed by atoms with van der Waals surface area (Å²) in [6.07, 6.45) is 1.69. The number of methoxy groups -OCH3 is 1. The summed E-state index contributed by atoms with van der Waals surface area (Å²) in [5.41, 5.74) is 11.8. The van der Waals surface area contributed by atoms with Crippen molar-refractivity contribution in [2.24, 2.45) is 0 Å². The van der Waals surface area contributed by atoms with Gasteiger partial charge in [0.1, 0.15) is 22.6 Å². The number of amides is 1. The Morgan fingerprint density at radius 2 is 1.61 bits per heavy atom. The highest BCUT2D eigenvalue weighted by molar-refractivity contribution is 6.10. The van der Waals surface area contributed by atoms with Gasteiger partial charge in [-0.25, -0.2) is 9.97 Å². The number of fused-ring (bicyclic) bond motifs is 2. The smallest absolute Gasteiger partial charge is 0.257 e. The van der Waals surface area contributed by atoms with Crippen molar-refractivity contribution in [2.75, 3.05) is 12.8 Å². The number of rotatable bonds is 8. The van der Waals surface area contributed by atoms with Gasteiger partial charge in [-0.1, -0.05) is 54.6 Å². The van der Waals surface area contributed by atoms with Crippen LogP contribution in [0.3, 0.4) is 0 Å². The molecule has 5 rings (SSSR count). The van der Waals surface area contributed by atoms with Crippen LogP contribution >= 0.6 is 0 Å². The van der Waals surface area contributed by atoms with Crippen LogP contribution < -0.4 is 15.8 Å². The summed E-state index contributed by atoms with van der Waals surface area (Å²) in [5.74, 6) is 0.888. The molecule has 0 radical (unpaired) electrons. The monoisotopic (exact) mass is 479 g/mol. The third-order valence-corrected chi connectivity index (χ3v) is 6.40. The maximum atomic E-state index is 13.5. The first kappa shape index (κ1) is 23.4. The molecule has 3 N–H and O–H groups in total. The second-order valence-electron chi connectivity index (χ2n) is 8.98. The van der Waals surface area contributed by atoms with Crippen LogP contribution in [0.2, 0.25) is 0 Å². The van der Waals surface area contributed by atoms with Crippen LogP contribution in [0.5, 0.6) is 5.75 Å². The van der Waals surface area contributed by atoms with Crippen LogP contribution in [0, 0.1) is 0 Å². The molecule has 0 saturated carbocycles. The Labute approximate surface area is 209 Å². The molecule has 1 atom stereocenters. The first-order valence-corrected chi connectivity index (χ1v) is 12.1. The Hall–Kier alpha value is -4.39. The molecular weight excluding hydrogens is 450 g/mol. The Morgan fingerprint density at radius 1 is 0.944 bits per heavy atom. The van der Waals surface area contributed by atoms with E-state index in [0.717, 1.165) is 35.2 Å². The topological polar surface area (TPSA) is 95.1 Å². The van der Waals surface area contributed by atoms with E-state index < -0.39 is 0 Å². The van der Waals surface area contributed by atoms with Gasteiger partial charge >= 0.3 is 0 Å². The lowest BCUT2D eigenvalue weighted by atomic mass is 10.1. The summed E-state index contributed by atoms with van der Waals surface area (Å²) in [6, 6.07) is 25.6. The van der Waals surface area contributed by atoms with Crippen molar-refractivity contribution in [1.82, 2.24) is 19.9 Å². The summed E-state index contributed by atoms with van der Waals surface area (Å²) in [6.45, 7) is 2.46. The van der Waals surface area contributed by atoms with Crippen molar-refractivity contribution in [2.45, 2.75) is 32.4 Å². The number of ether oxygens (including phenoxy) is 1. The molecule has 0 aliphatic rings. The lowest BCUT2D eigenvalue weighted by Gasteiger charge is -2.14. The molecule has 0 fully saturated rings. The number of aromatic nitrogens is 3. The molecule has 182 valence electrons. The number of nitrogen functional groups attached to an aromatic ring is 1. The highest BCUT2D eigenvalue weighted by atomic mass is 16.5. The van der Waals surface area contributed by atoms with E-state index in [-0.39, 0.29) is 11.9 Å². The highest BCUT2D eigenvalue weighted by Crippen LogP contribution is 2.29. The van der Waals surface area contributed by atoms with E-state index in [1.54, 1.807) is 7.11 Å². The molecule has 7 nitrogen and oxygen atoms in total. The molecule has 5 aromatic rings. The third-order valence-electron chi connectivity index (χ3n) is 6.40. The molecule has 0 aliphatic carbocycles. The number of aryl methyl sites for hydroxylation is 1. The molecular formula is C29H29N5O2. The Kier molecular flexibility index (Phi) is 6.54. The fraction of sp³-hybridized carbons (Fsp3) is 0.207. The van der Waals surface area contributed by atoms with Crippen LogP contribution in [0.4, 0.5) is 5.82 Å². The molecule has 1 amide bonds. The number of benzene rings is 3. The number of carbonyl (C=O) groups excluding carboxylic acids is 1. The molecule has 0 saturated heterocycles. The SMILES string of the molecule is COc1ccc(Cn2c(N)c(C(=O)NC(C)CCc3ccccc3)c3nc4ccccc4nc32)cc1. The standard InChI is InChI=1S/C29H29N5O2/c1-19(12-13-20-8-4-3-5-9-20)31-29(35)25-26-28(33-24-11-7-6-10-23(24)32-26)34(27(25)30)18-21-14-16-22(36-2)17-15-21/h3-11,14-17,19H,12-13,18,30H2,1-2H3,(H,31,35). The summed E-state index contributed by atoms with van der Waals surface area (Å²) in [5, 5.41) is 3.12. The Balaban J connectivity index is 1.49. The second kappa shape index (κ2) is 10.1. The van der Waals surface area contributed by atoms with E-state index in [1.807, 2.05) is 78.2 Å². The highest BCUT2D eigenvalue weighted by Gasteiger charge is 2.25. The fourth-order valence-electron chi connectivity index (χ4n) is 4.41. The van der Waals surface area contributed by atoms with Crippen LogP contribution in [0.1, 0.15) is 34.8 Å². The van der Waals surface area contributed by atoms with Gasteiger partial charge in [-0.2, -0.15) is 0 Å². The average Bonchev–Trinajstić information content (AvgIpc) is 3.17. The zero-order valence-corrected chi connectivity index (χ0v) is 20.4. The maximum absolute atomic E-state index is 13.5. The van der Waals surface area contributed by atoms with Crippen molar-refractivity contribution in [1.29, 1.82) is 0 Å². The molecule has 0 bridgehead atoms.